The summed E-state index contributed by atoms with van der Waals surface area (Å²) in [6.07, 6.45) is 0.0571. The Balaban J connectivity index is 0. The van der Waals surface area contributed by atoms with Gasteiger partial charge in [0.2, 0.25) is 0 Å². The number of carbonyl (C=O) groups is 2. The molecule has 0 radical (unpaired) electrons. The quantitative estimate of drug-likeness (QED) is 0.670. The fraction of sp³-hybridized carbons (Fsp3) is 0.714. The van der Waals surface area contributed by atoms with Crippen molar-refractivity contribution < 1.29 is 19.8 Å². The predicted octanol–water partition coefficient (Wildman–Crippen LogP) is 1.43. The normalized spacial score (nSPS) is 8.67. The van der Waals surface area contributed by atoms with Crippen LogP contribution in [0.3, 0.4) is 0 Å². The Bertz CT molecular complexity index is 144. The molecule has 0 fully saturated rings. The SMILES string of the molecule is CC(C)C(=O)O.O=C(O)CCCl. The Morgan fingerprint density at radius 1 is 1.33 bits per heavy atom. The lowest BCUT2D eigenvalue weighted by Crippen LogP contribution is -2.03. The monoisotopic (exact) mass is 196 g/mol. The van der Waals surface area contributed by atoms with Crippen LogP contribution in [0.2, 0.25) is 0 Å². The third-order valence-corrected chi connectivity index (χ3v) is 0.991. The number of carboxylic acids is 2. The first kappa shape index (κ1) is 13.8. The van der Waals surface area contributed by atoms with Crippen molar-refractivity contribution in [3.8, 4) is 0 Å². The first-order chi connectivity index (χ1) is 5.41. The molecular formula is C7H13ClO4. The van der Waals surface area contributed by atoms with Crippen LogP contribution >= 0.6 is 11.6 Å². The molecule has 0 bridgehead atoms. The lowest BCUT2D eigenvalue weighted by molar-refractivity contribution is -0.140. The van der Waals surface area contributed by atoms with Gasteiger partial charge in [-0.2, -0.15) is 0 Å². The van der Waals surface area contributed by atoms with Crippen molar-refractivity contribution in [1.29, 1.82) is 0 Å². The second-order valence-electron chi connectivity index (χ2n) is 2.33. The molecule has 0 atom stereocenters. The van der Waals surface area contributed by atoms with E-state index in [1.807, 2.05) is 0 Å². The molecule has 0 amide bonds. The molecule has 5 heteroatoms. The zero-order valence-electron chi connectivity index (χ0n) is 7.08. The number of hydrogen-bond acceptors (Lipinski definition) is 2. The maximum atomic E-state index is 9.70. The number of aliphatic carboxylic acids is 2. The van der Waals surface area contributed by atoms with Gasteiger partial charge in [0.15, 0.2) is 0 Å². The molecule has 0 saturated carbocycles. The smallest absolute Gasteiger partial charge is 0.305 e. The largest absolute Gasteiger partial charge is 0.481 e. The van der Waals surface area contributed by atoms with E-state index in [0.717, 1.165) is 0 Å². The summed E-state index contributed by atoms with van der Waals surface area (Å²) in [7, 11) is 0. The molecule has 0 aliphatic carbocycles. The zero-order valence-corrected chi connectivity index (χ0v) is 7.84. The fourth-order valence-electron chi connectivity index (χ4n) is 0.0808. The van der Waals surface area contributed by atoms with Crippen LogP contribution in [-0.4, -0.2) is 28.0 Å². The van der Waals surface area contributed by atoms with E-state index in [1.54, 1.807) is 13.8 Å². The van der Waals surface area contributed by atoms with Crippen LogP contribution in [0.1, 0.15) is 20.3 Å². The van der Waals surface area contributed by atoms with Crippen molar-refractivity contribution in [3.05, 3.63) is 0 Å². The van der Waals surface area contributed by atoms with E-state index in [2.05, 4.69) is 0 Å². The van der Waals surface area contributed by atoms with E-state index in [1.165, 1.54) is 0 Å². The average molecular weight is 197 g/mol. The minimum Gasteiger partial charge on any atom is -0.481 e. The van der Waals surface area contributed by atoms with Gasteiger partial charge in [0.05, 0.1) is 12.3 Å². The van der Waals surface area contributed by atoms with Gasteiger partial charge in [-0.25, -0.2) is 0 Å². The van der Waals surface area contributed by atoms with Gasteiger partial charge < -0.3 is 10.2 Å². The molecule has 0 aromatic rings. The van der Waals surface area contributed by atoms with E-state index in [9.17, 15) is 9.59 Å². The van der Waals surface area contributed by atoms with Gasteiger partial charge in [-0.05, 0) is 0 Å². The number of halogens is 1. The molecule has 0 aromatic heterocycles. The summed E-state index contributed by atoms with van der Waals surface area (Å²) >= 11 is 5.02. The van der Waals surface area contributed by atoms with Crippen LogP contribution in [0.4, 0.5) is 0 Å². The van der Waals surface area contributed by atoms with Crippen LogP contribution in [0.25, 0.3) is 0 Å². The number of rotatable bonds is 3. The van der Waals surface area contributed by atoms with Gasteiger partial charge in [0, 0.05) is 5.88 Å². The van der Waals surface area contributed by atoms with E-state index in [-0.39, 0.29) is 18.2 Å². The van der Waals surface area contributed by atoms with Gasteiger partial charge >= 0.3 is 11.9 Å². The van der Waals surface area contributed by atoms with E-state index < -0.39 is 11.9 Å². The molecule has 4 nitrogen and oxygen atoms in total. The Labute approximate surface area is 76.1 Å². The number of carboxylic acid groups (broad SMARTS) is 2. The Morgan fingerprint density at radius 3 is 1.67 bits per heavy atom. The summed E-state index contributed by atoms with van der Waals surface area (Å²) < 4.78 is 0. The van der Waals surface area contributed by atoms with Gasteiger partial charge in [-0.1, -0.05) is 13.8 Å². The lowest BCUT2D eigenvalue weighted by atomic mass is 10.2. The second-order valence-corrected chi connectivity index (χ2v) is 2.70. The minimum atomic E-state index is -0.843. The summed E-state index contributed by atoms with van der Waals surface area (Å²) in [6, 6.07) is 0. The lowest BCUT2D eigenvalue weighted by Gasteiger charge is -1.89. The van der Waals surface area contributed by atoms with Gasteiger partial charge in [0.25, 0.3) is 0 Å². The molecule has 2 N–H and O–H groups in total. The van der Waals surface area contributed by atoms with Crippen molar-refractivity contribution in [1.82, 2.24) is 0 Å². The standard InChI is InChI=1S/C4H8O2.C3H5ClO2/c1-3(2)4(5)6;4-2-1-3(5)6/h3H,1-2H3,(H,5,6);1-2H2,(H,5,6). The molecule has 0 aliphatic heterocycles. The van der Waals surface area contributed by atoms with E-state index in [4.69, 9.17) is 21.8 Å². The predicted molar refractivity (Wildman–Crippen MR) is 45.4 cm³/mol. The number of alkyl halides is 1. The Kier molecular flexibility index (Phi) is 9.57. The molecule has 0 unspecified atom stereocenters. The first-order valence-electron chi connectivity index (χ1n) is 3.42. The summed E-state index contributed by atoms with van der Waals surface area (Å²) in [4.78, 5) is 19.2. The van der Waals surface area contributed by atoms with Crippen LogP contribution in [0.5, 0.6) is 0 Å². The van der Waals surface area contributed by atoms with Crippen LogP contribution < -0.4 is 0 Å². The molecule has 0 saturated heterocycles. The molecule has 0 aliphatic rings. The first-order valence-corrected chi connectivity index (χ1v) is 3.95. The highest BCUT2D eigenvalue weighted by Crippen LogP contribution is 1.87. The molecule has 12 heavy (non-hydrogen) atoms. The highest BCUT2D eigenvalue weighted by molar-refractivity contribution is 6.18. The van der Waals surface area contributed by atoms with E-state index >= 15 is 0 Å². The molecular weight excluding hydrogens is 184 g/mol. The van der Waals surface area contributed by atoms with Gasteiger partial charge in [-0.3, -0.25) is 9.59 Å². The van der Waals surface area contributed by atoms with Crippen molar-refractivity contribution >= 4 is 23.5 Å². The van der Waals surface area contributed by atoms with Crippen LogP contribution in [0, 0.1) is 5.92 Å². The fourth-order valence-corrected chi connectivity index (χ4v) is 0.243. The topological polar surface area (TPSA) is 74.6 Å². The average Bonchev–Trinajstić information content (AvgIpc) is 1.87. The van der Waals surface area contributed by atoms with Gasteiger partial charge in [0.1, 0.15) is 0 Å². The van der Waals surface area contributed by atoms with Crippen molar-refractivity contribution in [2.24, 2.45) is 5.92 Å². The molecule has 72 valence electrons. The van der Waals surface area contributed by atoms with Crippen molar-refractivity contribution in [2.45, 2.75) is 20.3 Å². The van der Waals surface area contributed by atoms with E-state index in [0.29, 0.717) is 0 Å². The summed E-state index contributed by atoms with van der Waals surface area (Å²) in [5, 5.41) is 15.8. The number of hydrogen-bond donors (Lipinski definition) is 2. The molecule has 0 rings (SSSR count). The van der Waals surface area contributed by atoms with Crippen LogP contribution in [-0.2, 0) is 9.59 Å². The van der Waals surface area contributed by atoms with Crippen LogP contribution in [0.15, 0.2) is 0 Å². The highest BCUT2D eigenvalue weighted by atomic mass is 35.5. The van der Waals surface area contributed by atoms with Gasteiger partial charge in [-0.15, -0.1) is 11.6 Å². The third kappa shape index (κ3) is 16.1. The summed E-state index contributed by atoms with van der Waals surface area (Å²) in [6.45, 7) is 3.28. The Morgan fingerprint density at radius 2 is 1.67 bits per heavy atom. The molecule has 0 aromatic carbocycles. The highest BCUT2D eigenvalue weighted by Gasteiger charge is 1.99. The maximum absolute atomic E-state index is 9.70. The second kappa shape index (κ2) is 8.33. The molecule has 0 heterocycles. The minimum absolute atomic E-state index is 0.0571. The summed E-state index contributed by atoms with van der Waals surface area (Å²) in [5.41, 5.74) is 0. The zero-order chi connectivity index (χ0) is 10.1. The van der Waals surface area contributed by atoms with Crippen molar-refractivity contribution in [2.75, 3.05) is 5.88 Å². The van der Waals surface area contributed by atoms with Crippen molar-refractivity contribution in [3.63, 3.8) is 0 Å². The maximum Gasteiger partial charge on any atom is 0.305 e. The third-order valence-electron chi connectivity index (χ3n) is 0.802. The molecule has 0 spiro atoms. The summed E-state index contributed by atoms with van der Waals surface area (Å²) in [5.74, 6) is -1.61. The Hall–Kier alpha value is -0.770.